The number of rotatable bonds is 3. The number of likely N-dealkylation sites (tertiary alicyclic amines) is 1. The van der Waals surface area contributed by atoms with Crippen LogP contribution < -0.4 is 5.32 Å². The Morgan fingerprint density at radius 1 is 1.19 bits per heavy atom. The van der Waals surface area contributed by atoms with Gasteiger partial charge in [-0.1, -0.05) is 0 Å². The first-order chi connectivity index (χ1) is 14.6. The van der Waals surface area contributed by atoms with Gasteiger partial charge in [0.2, 0.25) is 0 Å². The van der Waals surface area contributed by atoms with Crippen molar-refractivity contribution in [1.82, 2.24) is 14.7 Å². The topological polar surface area (TPSA) is 106 Å². The van der Waals surface area contributed by atoms with E-state index in [1.807, 2.05) is 20.8 Å². The quantitative estimate of drug-likeness (QED) is 0.707. The Morgan fingerprint density at radius 3 is 2.45 bits per heavy atom. The Hall–Kier alpha value is -2.55. The number of aliphatic hydroxyl groups excluding tert-OH is 1. The molecule has 1 saturated heterocycles. The average molecular weight is 433 g/mol. The van der Waals surface area contributed by atoms with E-state index >= 15 is 0 Å². The van der Waals surface area contributed by atoms with Crippen LogP contribution >= 0.6 is 0 Å². The summed E-state index contributed by atoms with van der Waals surface area (Å²) in [5, 5.41) is 18.0. The third-order valence-electron chi connectivity index (χ3n) is 6.01. The lowest BCUT2D eigenvalue weighted by Crippen LogP contribution is -2.42. The van der Waals surface area contributed by atoms with E-state index in [0.29, 0.717) is 30.2 Å². The van der Waals surface area contributed by atoms with E-state index in [2.05, 4.69) is 10.4 Å². The lowest BCUT2D eigenvalue weighted by atomic mass is 9.92. The first-order valence-corrected chi connectivity index (χ1v) is 11.1. The minimum atomic E-state index is -0.919. The van der Waals surface area contributed by atoms with E-state index in [-0.39, 0.29) is 18.1 Å². The van der Waals surface area contributed by atoms with Crippen molar-refractivity contribution in [3.05, 3.63) is 17.3 Å². The molecule has 0 bridgehead atoms. The number of carbonyl (C=O) groups excluding carboxylic acids is 2. The number of nitrogens with zero attached hydrogens (tertiary/aromatic N) is 3. The van der Waals surface area contributed by atoms with Gasteiger partial charge in [0, 0.05) is 24.7 Å². The van der Waals surface area contributed by atoms with Crippen LogP contribution in [-0.2, 0) is 9.47 Å². The molecule has 9 heteroatoms. The molecule has 2 fully saturated rings. The lowest BCUT2D eigenvalue weighted by molar-refractivity contribution is 0.00892. The van der Waals surface area contributed by atoms with E-state index < -0.39 is 17.8 Å². The van der Waals surface area contributed by atoms with Gasteiger partial charge in [0.15, 0.2) is 0 Å². The van der Waals surface area contributed by atoms with E-state index in [1.54, 1.807) is 22.6 Å². The van der Waals surface area contributed by atoms with Gasteiger partial charge in [0.05, 0.1) is 5.69 Å². The molecule has 2 N–H and O–H groups in total. The van der Waals surface area contributed by atoms with E-state index in [9.17, 15) is 14.7 Å². The van der Waals surface area contributed by atoms with Crippen LogP contribution in [0.3, 0.4) is 0 Å². The van der Waals surface area contributed by atoms with E-state index in [1.165, 1.54) is 0 Å². The highest BCUT2D eigenvalue weighted by Gasteiger charge is 2.35. The standard InChI is InChI=1S/C22H32N4O5/c1-13-18(20(28)30-15-6-5-7-15)19-23-17(27)12-16(26(19)24-13)14-8-10-25(11-9-14)21(29)31-22(2,3)4/h12,14-15,17,23,27H,5-11H2,1-4H3. The van der Waals surface area contributed by atoms with Gasteiger partial charge < -0.3 is 24.8 Å². The summed E-state index contributed by atoms with van der Waals surface area (Å²) in [4.78, 5) is 26.8. The summed E-state index contributed by atoms with van der Waals surface area (Å²) < 4.78 is 12.8. The average Bonchev–Trinajstić information content (AvgIpc) is 2.98. The van der Waals surface area contributed by atoms with E-state index in [0.717, 1.165) is 37.8 Å². The second-order valence-corrected chi connectivity index (χ2v) is 9.60. The second-order valence-electron chi connectivity index (χ2n) is 9.60. The summed E-state index contributed by atoms with van der Waals surface area (Å²) in [6, 6.07) is 0. The number of anilines is 1. The van der Waals surface area contributed by atoms with Crippen molar-refractivity contribution in [1.29, 1.82) is 0 Å². The normalized spacial score (nSPS) is 22.2. The summed E-state index contributed by atoms with van der Waals surface area (Å²) in [5.74, 6) is 0.175. The van der Waals surface area contributed by atoms with Crippen molar-refractivity contribution in [2.45, 2.75) is 77.7 Å². The third kappa shape index (κ3) is 4.56. The monoisotopic (exact) mass is 432 g/mol. The number of nitrogens with one attached hydrogen (secondary N) is 1. The first-order valence-electron chi connectivity index (χ1n) is 11.1. The van der Waals surface area contributed by atoms with Crippen LogP contribution in [-0.4, -0.2) is 62.9 Å². The second kappa shape index (κ2) is 8.18. The van der Waals surface area contributed by atoms with Gasteiger partial charge in [0.25, 0.3) is 0 Å². The minimum absolute atomic E-state index is 0.0249. The van der Waals surface area contributed by atoms with Crippen molar-refractivity contribution >= 4 is 23.6 Å². The Labute approximate surface area is 182 Å². The highest BCUT2D eigenvalue weighted by molar-refractivity contribution is 5.97. The van der Waals surface area contributed by atoms with Crippen molar-refractivity contribution in [2.24, 2.45) is 5.92 Å². The Bertz CT molecular complexity index is 888. The lowest BCUT2D eigenvalue weighted by Gasteiger charge is -2.35. The van der Waals surface area contributed by atoms with Crippen molar-refractivity contribution in [3.8, 4) is 0 Å². The molecule has 9 nitrogen and oxygen atoms in total. The fourth-order valence-electron chi connectivity index (χ4n) is 4.20. The zero-order chi connectivity index (χ0) is 22.3. The molecule has 3 aliphatic rings. The molecule has 2 aliphatic heterocycles. The largest absolute Gasteiger partial charge is 0.459 e. The number of hydrogen-bond donors (Lipinski definition) is 2. The molecule has 31 heavy (non-hydrogen) atoms. The predicted octanol–water partition coefficient (Wildman–Crippen LogP) is 3.13. The van der Waals surface area contributed by atoms with Crippen LogP contribution in [0.5, 0.6) is 0 Å². The van der Waals surface area contributed by atoms with Gasteiger partial charge in [0.1, 0.15) is 29.3 Å². The number of piperidine rings is 1. The molecule has 1 unspecified atom stereocenters. The predicted molar refractivity (Wildman–Crippen MR) is 114 cm³/mol. The van der Waals surface area contributed by atoms with Gasteiger partial charge in [-0.05, 0) is 65.9 Å². The SMILES string of the molecule is Cc1nn2c(c1C(=O)OC1CCC1)NC(O)C=C2C1CCN(C(=O)OC(C)(C)C)CC1. The summed E-state index contributed by atoms with van der Waals surface area (Å²) in [6.45, 7) is 8.47. The molecule has 1 aromatic heterocycles. The maximum absolute atomic E-state index is 12.7. The number of aromatic nitrogens is 2. The zero-order valence-electron chi connectivity index (χ0n) is 18.7. The Kier molecular flexibility index (Phi) is 5.72. The molecule has 1 aliphatic carbocycles. The fourth-order valence-corrected chi connectivity index (χ4v) is 4.20. The van der Waals surface area contributed by atoms with Crippen molar-refractivity contribution in [2.75, 3.05) is 18.4 Å². The van der Waals surface area contributed by atoms with Crippen LogP contribution in [0.2, 0.25) is 0 Å². The van der Waals surface area contributed by atoms with Crippen LogP contribution in [0.15, 0.2) is 6.08 Å². The smallest absolute Gasteiger partial charge is 0.410 e. The summed E-state index contributed by atoms with van der Waals surface area (Å²) in [5.41, 5.74) is 1.26. The van der Waals surface area contributed by atoms with Crippen molar-refractivity contribution < 1.29 is 24.2 Å². The molecule has 3 heterocycles. The highest BCUT2D eigenvalue weighted by atomic mass is 16.6. The van der Waals surface area contributed by atoms with Gasteiger partial charge in [-0.3, -0.25) is 0 Å². The summed E-state index contributed by atoms with van der Waals surface area (Å²) >= 11 is 0. The van der Waals surface area contributed by atoms with Crippen LogP contribution in [0, 0.1) is 12.8 Å². The minimum Gasteiger partial charge on any atom is -0.459 e. The van der Waals surface area contributed by atoms with Gasteiger partial charge in [-0.2, -0.15) is 5.10 Å². The summed E-state index contributed by atoms with van der Waals surface area (Å²) in [7, 11) is 0. The third-order valence-corrected chi connectivity index (χ3v) is 6.01. The molecular formula is C22H32N4O5. The molecule has 0 aromatic carbocycles. The molecule has 4 rings (SSSR count). The number of aryl methyl sites for hydroxylation is 1. The zero-order valence-corrected chi connectivity index (χ0v) is 18.7. The van der Waals surface area contributed by atoms with Gasteiger partial charge in [-0.25, -0.2) is 14.3 Å². The number of aliphatic hydroxyl groups is 1. The molecule has 1 amide bonds. The number of amides is 1. The van der Waals surface area contributed by atoms with Gasteiger partial charge in [-0.15, -0.1) is 0 Å². The van der Waals surface area contributed by atoms with Gasteiger partial charge >= 0.3 is 12.1 Å². The number of carbonyl (C=O) groups is 2. The Morgan fingerprint density at radius 2 is 1.87 bits per heavy atom. The maximum Gasteiger partial charge on any atom is 0.410 e. The molecule has 1 saturated carbocycles. The summed E-state index contributed by atoms with van der Waals surface area (Å²) in [6.07, 6.45) is 4.79. The Balaban J connectivity index is 1.49. The number of hydrogen-bond acceptors (Lipinski definition) is 7. The molecule has 1 atom stereocenters. The highest BCUT2D eigenvalue weighted by Crippen LogP contribution is 2.36. The first kappa shape index (κ1) is 21.7. The molecule has 0 radical (unpaired) electrons. The van der Waals surface area contributed by atoms with Crippen LogP contribution in [0.1, 0.15) is 68.9 Å². The molecule has 1 aromatic rings. The van der Waals surface area contributed by atoms with Crippen LogP contribution in [0.25, 0.3) is 5.70 Å². The molecule has 170 valence electrons. The number of ether oxygens (including phenoxy) is 2. The molecular weight excluding hydrogens is 400 g/mol. The number of fused-ring (bicyclic) bond motifs is 1. The van der Waals surface area contributed by atoms with E-state index in [4.69, 9.17) is 9.47 Å². The molecule has 0 spiro atoms. The maximum atomic E-state index is 12.7. The fraction of sp³-hybridized carbons (Fsp3) is 0.682. The number of allylic oxidation sites excluding steroid dienone is 1. The van der Waals surface area contributed by atoms with Crippen LogP contribution in [0.4, 0.5) is 10.6 Å². The van der Waals surface area contributed by atoms with Crippen molar-refractivity contribution in [3.63, 3.8) is 0 Å². The number of esters is 1.